The van der Waals surface area contributed by atoms with Crippen LogP contribution in [0.5, 0.6) is 5.75 Å². The molecule has 0 radical (unpaired) electrons. The zero-order valence-electron chi connectivity index (χ0n) is 14.6. The van der Waals surface area contributed by atoms with Crippen LogP contribution < -0.4 is 14.8 Å². The van der Waals surface area contributed by atoms with E-state index in [2.05, 4.69) is 14.8 Å². The molecule has 1 saturated heterocycles. The molecule has 0 bridgehead atoms. The molecular formula is C16H24N2O6S. The minimum absolute atomic E-state index is 0.0341. The maximum Gasteiger partial charge on any atom is 0.337 e. The predicted octanol–water partition coefficient (Wildman–Crippen LogP) is 0.529. The average Bonchev–Trinajstić information content (AvgIpc) is 3.08. The fourth-order valence-corrected chi connectivity index (χ4v) is 4.19. The second-order valence-electron chi connectivity index (χ2n) is 5.93. The van der Waals surface area contributed by atoms with Gasteiger partial charge < -0.3 is 19.5 Å². The minimum Gasteiger partial charge on any atom is -0.495 e. The summed E-state index contributed by atoms with van der Waals surface area (Å²) in [5.74, 6) is -0.486. The summed E-state index contributed by atoms with van der Waals surface area (Å²) in [7, 11) is 0.372. The zero-order chi connectivity index (χ0) is 18.5. The second kappa shape index (κ2) is 8.13. The van der Waals surface area contributed by atoms with Gasteiger partial charge in [-0.25, -0.2) is 17.9 Å². The second-order valence-corrected chi connectivity index (χ2v) is 7.66. The van der Waals surface area contributed by atoms with E-state index >= 15 is 0 Å². The Hall–Kier alpha value is -1.68. The third kappa shape index (κ3) is 4.49. The first-order chi connectivity index (χ1) is 11.9. The monoisotopic (exact) mass is 372 g/mol. The molecule has 140 valence electrons. The molecule has 0 amide bonds. The SMILES string of the molecule is COCC1(CNS(=O)(=O)c2ccc(C(=O)OC)cc2OC)CCCN1. The zero-order valence-corrected chi connectivity index (χ0v) is 15.4. The summed E-state index contributed by atoms with van der Waals surface area (Å²) >= 11 is 0. The molecule has 0 saturated carbocycles. The lowest BCUT2D eigenvalue weighted by atomic mass is 9.99. The van der Waals surface area contributed by atoms with Crippen LogP contribution in [-0.4, -0.2) is 61.0 Å². The first-order valence-electron chi connectivity index (χ1n) is 7.87. The van der Waals surface area contributed by atoms with Crippen molar-refractivity contribution in [3.8, 4) is 5.75 Å². The molecular weight excluding hydrogens is 348 g/mol. The summed E-state index contributed by atoms with van der Waals surface area (Å²) in [6.07, 6.45) is 1.78. The maximum atomic E-state index is 12.7. The van der Waals surface area contributed by atoms with Crippen LogP contribution in [0.4, 0.5) is 0 Å². The number of benzene rings is 1. The Bertz CT molecular complexity index is 713. The Balaban J connectivity index is 2.22. The van der Waals surface area contributed by atoms with E-state index in [0.717, 1.165) is 19.4 Å². The van der Waals surface area contributed by atoms with Crippen LogP contribution in [0.15, 0.2) is 23.1 Å². The van der Waals surface area contributed by atoms with Crippen LogP contribution in [0.25, 0.3) is 0 Å². The van der Waals surface area contributed by atoms with Gasteiger partial charge in [0.05, 0.1) is 31.9 Å². The summed E-state index contributed by atoms with van der Waals surface area (Å²) in [5.41, 5.74) is -0.201. The van der Waals surface area contributed by atoms with Gasteiger partial charge in [0.15, 0.2) is 0 Å². The lowest BCUT2D eigenvalue weighted by Crippen LogP contribution is -2.52. The highest BCUT2D eigenvalue weighted by Crippen LogP contribution is 2.26. The van der Waals surface area contributed by atoms with Gasteiger partial charge in [-0.15, -0.1) is 0 Å². The highest BCUT2D eigenvalue weighted by Gasteiger charge is 2.35. The third-order valence-electron chi connectivity index (χ3n) is 4.23. The topological polar surface area (TPSA) is 103 Å². The lowest BCUT2D eigenvalue weighted by Gasteiger charge is -2.29. The van der Waals surface area contributed by atoms with E-state index in [1.165, 1.54) is 32.4 Å². The van der Waals surface area contributed by atoms with Gasteiger partial charge in [-0.1, -0.05) is 0 Å². The highest BCUT2D eigenvalue weighted by atomic mass is 32.2. The van der Waals surface area contributed by atoms with Crippen LogP contribution >= 0.6 is 0 Å². The van der Waals surface area contributed by atoms with Gasteiger partial charge in [0, 0.05) is 13.7 Å². The molecule has 1 aromatic carbocycles. The molecule has 2 N–H and O–H groups in total. The molecule has 25 heavy (non-hydrogen) atoms. The predicted molar refractivity (Wildman–Crippen MR) is 91.4 cm³/mol. The van der Waals surface area contributed by atoms with E-state index < -0.39 is 21.5 Å². The van der Waals surface area contributed by atoms with Gasteiger partial charge in [0.2, 0.25) is 10.0 Å². The molecule has 0 aromatic heterocycles. The van der Waals surface area contributed by atoms with E-state index in [-0.39, 0.29) is 22.8 Å². The molecule has 1 heterocycles. The average molecular weight is 372 g/mol. The van der Waals surface area contributed by atoms with Gasteiger partial charge in [0.25, 0.3) is 0 Å². The van der Waals surface area contributed by atoms with Crippen LogP contribution in [-0.2, 0) is 19.5 Å². The van der Waals surface area contributed by atoms with Crippen molar-refractivity contribution >= 4 is 16.0 Å². The standard InChI is InChI=1S/C16H24N2O6S/c1-22-11-16(7-4-8-17-16)10-18-25(20,21)14-6-5-12(15(19)24-3)9-13(14)23-2/h5-6,9,17-18H,4,7-8,10-11H2,1-3H3. The van der Waals surface area contributed by atoms with E-state index in [1.54, 1.807) is 7.11 Å². The number of carbonyl (C=O) groups is 1. The molecule has 1 atom stereocenters. The third-order valence-corrected chi connectivity index (χ3v) is 5.67. The summed E-state index contributed by atoms with van der Waals surface area (Å²) in [5, 5.41) is 3.31. The van der Waals surface area contributed by atoms with E-state index in [4.69, 9.17) is 9.47 Å². The van der Waals surface area contributed by atoms with Crippen molar-refractivity contribution < 1.29 is 27.4 Å². The molecule has 1 aromatic rings. The fourth-order valence-electron chi connectivity index (χ4n) is 2.92. The number of ether oxygens (including phenoxy) is 3. The number of methoxy groups -OCH3 is 3. The van der Waals surface area contributed by atoms with E-state index in [1.807, 2.05) is 0 Å². The summed E-state index contributed by atoms with van der Waals surface area (Å²) in [6.45, 7) is 1.43. The first-order valence-corrected chi connectivity index (χ1v) is 9.36. The maximum absolute atomic E-state index is 12.7. The van der Waals surface area contributed by atoms with Crippen LogP contribution in [0.1, 0.15) is 23.2 Å². The first kappa shape index (κ1) is 19.6. The normalized spacial score (nSPS) is 20.4. The molecule has 1 aliphatic rings. The fraction of sp³-hybridized carbons (Fsp3) is 0.562. The summed E-state index contributed by atoms with van der Waals surface area (Å²) < 4.78 is 43.0. The Morgan fingerprint density at radius 1 is 1.32 bits per heavy atom. The largest absolute Gasteiger partial charge is 0.495 e. The molecule has 2 rings (SSSR count). The molecule has 8 nitrogen and oxygen atoms in total. The van der Waals surface area contributed by atoms with Crippen molar-refractivity contribution in [3.05, 3.63) is 23.8 Å². The Morgan fingerprint density at radius 2 is 2.08 bits per heavy atom. The van der Waals surface area contributed by atoms with Crippen LogP contribution in [0.2, 0.25) is 0 Å². The van der Waals surface area contributed by atoms with Gasteiger partial charge in [-0.05, 0) is 37.6 Å². The molecule has 1 unspecified atom stereocenters. The number of rotatable bonds is 8. The molecule has 1 aliphatic heterocycles. The van der Waals surface area contributed by atoms with Crippen molar-refractivity contribution in [3.63, 3.8) is 0 Å². The van der Waals surface area contributed by atoms with Crippen molar-refractivity contribution in [2.45, 2.75) is 23.3 Å². The Morgan fingerprint density at radius 3 is 2.64 bits per heavy atom. The lowest BCUT2D eigenvalue weighted by molar-refractivity contribution is 0.0600. The van der Waals surface area contributed by atoms with Gasteiger partial charge in [0.1, 0.15) is 10.6 Å². The molecule has 0 aliphatic carbocycles. The molecule has 0 spiro atoms. The number of sulfonamides is 1. The number of esters is 1. The minimum atomic E-state index is -3.82. The van der Waals surface area contributed by atoms with Gasteiger partial charge in [-0.2, -0.15) is 0 Å². The van der Waals surface area contributed by atoms with Crippen LogP contribution in [0.3, 0.4) is 0 Å². The van der Waals surface area contributed by atoms with Crippen molar-refractivity contribution in [1.29, 1.82) is 0 Å². The van der Waals surface area contributed by atoms with Gasteiger partial charge in [-0.3, -0.25) is 0 Å². The molecule has 1 fully saturated rings. The van der Waals surface area contributed by atoms with Gasteiger partial charge >= 0.3 is 5.97 Å². The number of hydrogen-bond donors (Lipinski definition) is 2. The van der Waals surface area contributed by atoms with E-state index in [9.17, 15) is 13.2 Å². The molecule has 9 heteroatoms. The quantitative estimate of drug-likeness (QED) is 0.642. The van der Waals surface area contributed by atoms with Crippen molar-refractivity contribution in [2.24, 2.45) is 0 Å². The summed E-state index contributed by atoms with van der Waals surface area (Å²) in [6, 6.07) is 4.07. The number of carbonyl (C=O) groups excluding carboxylic acids is 1. The smallest absolute Gasteiger partial charge is 0.337 e. The number of hydrogen-bond acceptors (Lipinski definition) is 7. The van der Waals surface area contributed by atoms with E-state index in [0.29, 0.717) is 6.61 Å². The number of nitrogens with one attached hydrogen (secondary N) is 2. The summed E-state index contributed by atoms with van der Waals surface area (Å²) in [4.78, 5) is 11.6. The van der Waals surface area contributed by atoms with Crippen LogP contribution in [0, 0.1) is 0 Å². The Kier molecular flexibility index (Phi) is 6.39. The highest BCUT2D eigenvalue weighted by molar-refractivity contribution is 7.89. The Labute approximate surface area is 147 Å². The van der Waals surface area contributed by atoms with Crippen molar-refractivity contribution in [1.82, 2.24) is 10.0 Å². The van der Waals surface area contributed by atoms with Crippen molar-refractivity contribution in [2.75, 3.05) is 41.0 Å².